The summed E-state index contributed by atoms with van der Waals surface area (Å²) in [5.74, 6) is -0.628. The molecule has 1 aliphatic heterocycles. The van der Waals surface area contributed by atoms with Crippen LogP contribution in [0.15, 0.2) is 5.11 Å². The molecule has 0 saturated carbocycles. The number of carbonyl (C=O) groups is 2. The number of hydrogen-bond donors (Lipinski definition) is 1. The van der Waals surface area contributed by atoms with Crippen LogP contribution in [0.5, 0.6) is 0 Å². The largest absolute Gasteiger partial charge is 0.435 e. The Morgan fingerprint density at radius 2 is 2.27 bits per heavy atom. The van der Waals surface area contributed by atoms with Crippen LogP contribution in [0.25, 0.3) is 10.4 Å². The third-order valence-electron chi connectivity index (χ3n) is 3.25. The smallest absolute Gasteiger partial charge is 0.304 e. The molecule has 124 valence electrons. The monoisotopic (exact) mass is 315 g/mol. The minimum absolute atomic E-state index is 0.0877. The van der Waals surface area contributed by atoms with E-state index in [1.807, 2.05) is 6.92 Å². The van der Waals surface area contributed by atoms with Crippen molar-refractivity contribution in [2.24, 2.45) is 5.11 Å². The molecule has 1 rings (SSSR count). The van der Waals surface area contributed by atoms with Crippen molar-refractivity contribution in [3.05, 3.63) is 10.4 Å². The molecule has 0 aromatic heterocycles. The zero-order valence-corrected chi connectivity index (χ0v) is 12.6. The van der Waals surface area contributed by atoms with E-state index >= 15 is 0 Å². The first-order chi connectivity index (χ1) is 10.5. The average Bonchev–Trinajstić information content (AvgIpc) is 2.46. The number of aliphatic hydroxyl groups is 1. The number of esters is 1. The molecule has 0 aliphatic carbocycles. The second kappa shape index (κ2) is 9.37. The van der Waals surface area contributed by atoms with Crippen molar-refractivity contribution < 1.29 is 28.9 Å². The van der Waals surface area contributed by atoms with E-state index in [9.17, 15) is 14.7 Å². The molecule has 1 aliphatic rings. The van der Waals surface area contributed by atoms with Crippen molar-refractivity contribution >= 4 is 12.3 Å². The van der Waals surface area contributed by atoms with Gasteiger partial charge < -0.3 is 24.1 Å². The fourth-order valence-electron chi connectivity index (χ4n) is 2.19. The van der Waals surface area contributed by atoms with E-state index in [-0.39, 0.29) is 6.42 Å². The Bertz CT molecular complexity index is 426. The van der Waals surface area contributed by atoms with Crippen molar-refractivity contribution in [1.82, 2.24) is 0 Å². The van der Waals surface area contributed by atoms with Gasteiger partial charge in [-0.1, -0.05) is 18.5 Å². The number of aldehydes is 1. The molecule has 1 fully saturated rings. The van der Waals surface area contributed by atoms with Gasteiger partial charge in [-0.2, -0.15) is 0 Å². The SMILES string of the molecule is CCCCOC1C(N=[N+]=[N-])[C@H](OC(C)=O)OC(CC=O)[C@H]1O. The van der Waals surface area contributed by atoms with Crippen molar-refractivity contribution in [2.45, 2.75) is 63.8 Å². The van der Waals surface area contributed by atoms with Gasteiger partial charge in [-0.3, -0.25) is 4.79 Å². The third-order valence-corrected chi connectivity index (χ3v) is 3.25. The van der Waals surface area contributed by atoms with Crippen LogP contribution in [0.1, 0.15) is 33.1 Å². The Morgan fingerprint density at radius 1 is 1.55 bits per heavy atom. The van der Waals surface area contributed by atoms with E-state index in [0.717, 1.165) is 12.8 Å². The van der Waals surface area contributed by atoms with Gasteiger partial charge in [0.05, 0.1) is 6.10 Å². The molecule has 1 saturated heterocycles. The maximum Gasteiger partial charge on any atom is 0.304 e. The van der Waals surface area contributed by atoms with E-state index < -0.39 is 36.6 Å². The van der Waals surface area contributed by atoms with Gasteiger partial charge in [-0.25, -0.2) is 0 Å². The van der Waals surface area contributed by atoms with E-state index in [0.29, 0.717) is 12.9 Å². The van der Waals surface area contributed by atoms with Crippen LogP contribution >= 0.6 is 0 Å². The summed E-state index contributed by atoms with van der Waals surface area (Å²) in [6.45, 7) is 3.50. The second-order valence-corrected chi connectivity index (χ2v) is 4.93. The molecule has 1 N–H and O–H groups in total. The van der Waals surface area contributed by atoms with Gasteiger partial charge in [0.15, 0.2) is 0 Å². The summed E-state index contributed by atoms with van der Waals surface area (Å²) in [7, 11) is 0. The number of ether oxygens (including phenoxy) is 3. The molecule has 0 radical (unpaired) electrons. The summed E-state index contributed by atoms with van der Waals surface area (Å²) in [4.78, 5) is 24.6. The summed E-state index contributed by atoms with van der Waals surface area (Å²) in [6.07, 6.45) is -2.02. The maximum absolute atomic E-state index is 11.2. The molecule has 0 bridgehead atoms. The molecular formula is C13H21N3O6. The molecule has 1 heterocycles. The molecule has 9 heteroatoms. The van der Waals surface area contributed by atoms with Crippen LogP contribution in [0.2, 0.25) is 0 Å². The number of nitrogens with zero attached hydrogens (tertiary/aromatic N) is 3. The van der Waals surface area contributed by atoms with Gasteiger partial charge in [0, 0.05) is 24.9 Å². The number of azide groups is 1. The van der Waals surface area contributed by atoms with Crippen LogP contribution in [0, 0.1) is 0 Å². The van der Waals surface area contributed by atoms with E-state index in [1.54, 1.807) is 0 Å². The molecule has 0 aromatic carbocycles. The van der Waals surface area contributed by atoms with Gasteiger partial charge in [-0.15, -0.1) is 0 Å². The number of aliphatic hydroxyl groups excluding tert-OH is 1. The fourth-order valence-corrected chi connectivity index (χ4v) is 2.19. The first kappa shape index (κ1) is 18.4. The Labute approximate surface area is 128 Å². The second-order valence-electron chi connectivity index (χ2n) is 4.93. The molecule has 3 unspecified atom stereocenters. The normalized spacial score (nSPS) is 31.1. The van der Waals surface area contributed by atoms with Crippen molar-refractivity contribution in [1.29, 1.82) is 0 Å². The lowest BCUT2D eigenvalue weighted by molar-refractivity contribution is -0.259. The highest BCUT2D eigenvalue weighted by atomic mass is 16.7. The zero-order chi connectivity index (χ0) is 16.5. The van der Waals surface area contributed by atoms with Crippen LogP contribution in [0.4, 0.5) is 0 Å². The Balaban J connectivity index is 2.97. The average molecular weight is 315 g/mol. The first-order valence-electron chi connectivity index (χ1n) is 7.15. The summed E-state index contributed by atoms with van der Waals surface area (Å²) < 4.78 is 16.0. The Kier molecular flexibility index (Phi) is 7.83. The standard InChI is InChI=1S/C13H21N3O6/c1-3-4-7-20-12-10(15-16-14)13(21-8(2)18)22-9(5-6-17)11(12)19/h6,9-13,19H,3-5,7H2,1-2H3/t9?,10?,11-,12?,13-/m1/s1. The summed E-state index contributed by atoms with van der Waals surface area (Å²) in [5.41, 5.74) is 8.68. The van der Waals surface area contributed by atoms with Gasteiger partial charge in [0.2, 0.25) is 6.29 Å². The number of rotatable bonds is 8. The van der Waals surface area contributed by atoms with Crippen molar-refractivity contribution in [2.75, 3.05) is 6.61 Å². The number of carbonyl (C=O) groups excluding carboxylic acids is 2. The van der Waals surface area contributed by atoms with E-state index in [2.05, 4.69) is 10.0 Å². The van der Waals surface area contributed by atoms with Gasteiger partial charge in [0.25, 0.3) is 0 Å². The third kappa shape index (κ3) is 4.96. The van der Waals surface area contributed by atoms with Crippen molar-refractivity contribution in [3.63, 3.8) is 0 Å². The van der Waals surface area contributed by atoms with Crippen LogP contribution < -0.4 is 0 Å². The van der Waals surface area contributed by atoms with Gasteiger partial charge >= 0.3 is 5.97 Å². The lowest BCUT2D eigenvalue weighted by Gasteiger charge is -2.41. The van der Waals surface area contributed by atoms with Crippen LogP contribution in [0.3, 0.4) is 0 Å². The maximum atomic E-state index is 11.2. The number of unbranched alkanes of at least 4 members (excludes halogenated alkanes) is 1. The topological polar surface area (TPSA) is 131 Å². The first-order valence-corrected chi connectivity index (χ1v) is 7.15. The van der Waals surface area contributed by atoms with Gasteiger partial charge in [0.1, 0.15) is 24.5 Å². The van der Waals surface area contributed by atoms with E-state index in [4.69, 9.17) is 19.7 Å². The summed E-state index contributed by atoms with van der Waals surface area (Å²) >= 11 is 0. The molecule has 0 spiro atoms. The fraction of sp³-hybridized carbons (Fsp3) is 0.846. The highest BCUT2D eigenvalue weighted by molar-refractivity contribution is 5.66. The highest BCUT2D eigenvalue weighted by Crippen LogP contribution is 2.28. The lowest BCUT2D eigenvalue weighted by atomic mass is 9.95. The Morgan fingerprint density at radius 3 is 2.82 bits per heavy atom. The van der Waals surface area contributed by atoms with Crippen LogP contribution in [-0.4, -0.2) is 54.6 Å². The molecule has 0 amide bonds. The molecule has 5 atom stereocenters. The highest BCUT2D eigenvalue weighted by Gasteiger charge is 2.47. The molecule has 9 nitrogen and oxygen atoms in total. The number of hydrogen-bond acceptors (Lipinski definition) is 7. The molecule has 22 heavy (non-hydrogen) atoms. The van der Waals surface area contributed by atoms with Gasteiger partial charge in [-0.05, 0) is 12.0 Å². The predicted molar refractivity (Wildman–Crippen MR) is 74.7 cm³/mol. The Hall–Kier alpha value is -1.67. The zero-order valence-electron chi connectivity index (χ0n) is 12.6. The summed E-state index contributed by atoms with van der Waals surface area (Å²) in [6, 6.07) is -1.02. The lowest BCUT2D eigenvalue weighted by Crippen LogP contribution is -2.58. The quantitative estimate of drug-likeness (QED) is 0.178. The van der Waals surface area contributed by atoms with Crippen LogP contribution in [-0.2, 0) is 23.8 Å². The minimum atomic E-state index is -1.20. The molecule has 0 aromatic rings. The minimum Gasteiger partial charge on any atom is -0.435 e. The predicted octanol–water partition coefficient (Wildman–Crippen LogP) is 1.09. The summed E-state index contributed by atoms with van der Waals surface area (Å²) in [5, 5.41) is 13.8. The molecular weight excluding hydrogens is 294 g/mol. The van der Waals surface area contributed by atoms with Crippen molar-refractivity contribution in [3.8, 4) is 0 Å². The van der Waals surface area contributed by atoms with E-state index in [1.165, 1.54) is 6.92 Å².